The summed E-state index contributed by atoms with van der Waals surface area (Å²) in [7, 11) is 0. The summed E-state index contributed by atoms with van der Waals surface area (Å²) in [6.07, 6.45) is 2.12. The molecule has 0 unspecified atom stereocenters. The maximum atomic E-state index is 9.33. The third kappa shape index (κ3) is 3.87. The highest BCUT2D eigenvalue weighted by atomic mass is 16.7. The Labute approximate surface area is 126 Å². The van der Waals surface area contributed by atoms with Gasteiger partial charge in [-0.1, -0.05) is 13.8 Å². The number of anilines is 1. The van der Waals surface area contributed by atoms with Crippen molar-refractivity contribution in [2.75, 3.05) is 25.7 Å². The number of aliphatic hydroxyl groups excluding tert-OH is 1. The van der Waals surface area contributed by atoms with Crippen molar-refractivity contribution < 1.29 is 14.6 Å². The monoisotopic (exact) mass is 294 g/mol. The van der Waals surface area contributed by atoms with Gasteiger partial charge in [-0.3, -0.25) is 4.90 Å². The summed E-state index contributed by atoms with van der Waals surface area (Å²) in [6.45, 7) is 6.74. The lowest BCUT2D eigenvalue weighted by atomic mass is 10.0. The topological polar surface area (TPSA) is 68.0 Å². The molecular formula is C16H26N2O3. The van der Waals surface area contributed by atoms with Gasteiger partial charge in [-0.2, -0.15) is 0 Å². The van der Waals surface area contributed by atoms with Gasteiger partial charge in [0.25, 0.3) is 0 Å². The van der Waals surface area contributed by atoms with Crippen molar-refractivity contribution in [1.82, 2.24) is 4.90 Å². The molecule has 118 valence electrons. The van der Waals surface area contributed by atoms with E-state index in [-0.39, 0.29) is 13.4 Å². The molecule has 0 aliphatic carbocycles. The summed E-state index contributed by atoms with van der Waals surface area (Å²) in [5.74, 6) is 0.893. The number of ether oxygens (including phenoxy) is 2. The largest absolute Gasteiger partial charge is 0.467 e. The van der Waals surface area contributed by atoms with Gasteiger partial charge in [0.05, 0.1) is 13.2 Å². The highest BCUT2D eigenvalue weighted by Crippen LogP contribution is 2.32. The van der Waals surface area contributed by atoms with E-state index >= 15 is 0 Å². The van der Waals surface area contributed by atoms with Crippen LogP contribution in [0.4, 0.5) is 5.69 Å². The Hall–Kier alpha value is -1.30. The Balaban J connectivity index is 2.25. The van der Waals surface area contributed by atoms with Crippen LogP contribution in [0.1, 0.15) is 37.8 Å². The molecule has 1 aromatic rings. The molecule has 0 radical (unpaired) electrons. The third-order valence-corrected chi connectivity index (χ3v) is 4.03. The lowest BCUT2D eigenvalue weighted by Gasteiger charge is -2.31. The molecule has 5 heteroatoms. The molecule has 0 spiro atoms. The fourth-order valence-corrected chi connectivity index (χ4v) is 2.99. The van der Waals surface area contributed by atoms with Gasteiger partial charge >= 0.3 is 0 Å². The molecule has 21 heavy (non-hydrogen) atoms. The summed E-state index contributed by atoms with van der Waals surface area (Å²) in [5.41, 5.74) is 8.80. The number of nitrogen functional groups attached to an aromatic ring is 1. The second-order valence-electron chi connectivity index (χ2n) is 5.44. The standard InChI is InChI=1S/C16H26N2O3/c1-3-15(4-2)18(5-6-19)9-12-7-14(17)8-13-10-20-11-21-16(12)13/h7-8,15,19H,3-6,9-11,17H2,1-2H3. The van der Waals surface area contributed by atoms with E-state index in [1.807, 2.05) is 12.1 Å². The number of fused-ring (bicyclic) bond motifs is 1. The molecule has 0 saturated heterocycles. The van der Waals surface area contributed by atoms with Crippen molar-refractivity contribution in [3.8, 4) is 5.75 Å². The van der Waals surface area contributed by atoms with Crippen molar-refractivity contribution in [1.29, 1.82) is 0 Å². The van der Waals surface area contributed by atoms with Gasteiger partial charge in [0.15, 0.2) is 6.79 Å². The van der Waals surface area contributed by atoms with E-state index in [1.165, 1.54) is 0 Å². The first-order chi connectivity index (χ1) is 10.2. The second kappa shape index (κ2) is 7.64. The van der Waals surface area contributed by atoms with E-state index in [0.29, 0.717) is 19.2 Å². The van der Waals surface area contributed by atoms with Crippen LogP contribution in [-0.4, -0.2) is 36.0 Å². The Morgan fingerprint density at radius 2 is 2.10 bits per heavy atom. The highest BCUT2D eigenvalue weighted by Gasteiger charge is 2.21. The molecule has 0 atom stereocenters. The molecule has 1 aromatic carbocycles. The van der Waals surface area contributed by atoms with Gasteiger partial charge in [0.2, 0.25) is 0 Å². The van der Waals surface area contributed by atoms with Gasteiger partial charge in [0, 0.05) is 35.9 Å². The maximum absolute atomic E-state index is 9.33. The van der Waals surface area contributed by atoms with E-state index in [0.717, 1.165) is 42.0 Å². The van der Waals surface area contributed by atoms with E-state index in [9.17, 15) is 5.11 Å². The zero-order valence-corrected chi connectivity index (χ0v) is 13.0. The zero-order chi connectivity index (χ0) is 15.2. The molecule has 0 bridgehead atoms. The number of benzene rings is 1. The van der Waals surface area contributed by atoms with Gasteiger partial charge in [0.1, 0.15) is 5.75 Å². The summed E-state index contributed by atoms with van der Waals surface area (Å²) >= 11 is 0. The van der Waals surface area contributed by atoms with Crippen LogP contribution in [0.15, 0.2) is 12.1 Å². The summed E-state index contributed by atoms with van der Waals surface area (Å²) < 4.78 is 11.0. The summed E-state index contributed by atoms with van der Waals surface area (Å²) in [6, 6.07) is 4.33. The second-order valence-corrected chi connectivity index (χ2v) is 5.44. The molecule has 0 fully saturated rings. The number of aliphatic hydroxyl groups is 1. The van der Waals surface area contributed by atoms with E-state index in [4.69, 9.17) is 15.2 Å². The quantitative estimate of drug-likeness (QED) is 0.754. The van der Waals surface area contributed by atoms with Crippen molar-refractivity contribution in [3.05, 3.63) is 23.3 Å². The molecule has 0 aromatic heterocycles. The van der Waals surface area contributed by atoms with Crippen LogP contribution in [0.2, 0.25) is 0 Å². The lowest BCUT2D eigenvalue weighted by molar-refractivity contribution is -0.0176. The van der Waals surface area contributed by atoms with Crippen molar-refractivity contribution in [2.45, 2.75) is 45.9 Å². The first-order valence-electron chi connectivity index (χ1n) is 7.66. The molecule has 2 rings (SSSR count). The Kier molecular flexibility index (Phi) is 5.85. The first kappa shape index (κ1) is 16.1. The van der Waals surface area contributed by atoms with Crippen LogP contribution in [0.5, 0.6) is 5.75 Å². The first-order valence-corrected chi connectivity index (χ1v) is 7.66. The highest BCUT2D eigenvalue weighted by molar-refractivity contribution is 5.53. The normalized spacial score (nSPS) is 14.3. The van der Waals surface area contributed by atoms with E-state index in [1.54, 1.807) is 0 Å². The fraction of sp³-hybridized carbons (Fsp3) is 0.625. The Morgan fingerprint density at radius 1 is 1.33 bits per heavy atom. The molecule has 1 heterocycles. The predicted molar refractivity (Wildman–Crippen MR) is 83.0 cm³/mol. The minimum Gasteiger partial charge on any atom is -0.467 e. The summed E-state index contributed by atoms with van der Waals surface area (Å²) in [5, 5.41) is 9.33. The Morgan fingerprint density at radius 3 is 2.76 bits per heavy atom. The molecule has 5 nitrogen and oxygen atoms in total. The number of nitrogens with two attached hydrogens (primary N) is 1. The van der Waals surface area contributed by atoms with E-state index in [2.05, 4.69) is 18.7 Å². The van der Waals surface area contributed by atoms with Crippen LogP contribution < -0.4 is 10.5 Å². The minimum atomic E-state index is 0.158. The van der Waals surface area contributed by atoms with Gasteiger partial charge in [-0.15, -0.1) is 0 Å². The van der Waals surface area contributed by atoms with Crippen molar-refractivity contribution >= 4 is 5.69 Å². The van der Waals surface area contributed by atoms with Crippen LogP contribution >= 0.6 is 0 Å². The van der Waals surface area contributed by atoms with Crippen LogP contribution in [-0.2, 0) is 17.9 Å². The molecule has 3 N–H and O–H groups in total. The SMILES string of the molecule is CCC(CC)N(CCO)Cc1cc(N)cc2c1OCOC2. The minimum absolute atomic E-state index is 0.158. The molecule has 1 aliphatic heterocycles. The van der Waals surface area contributed by atoms with Crippen molar-refractivity contribution in [3.63, 3.8) is 0 Å². The smallest absolute Gasteiger partial charge is 0.189 e. The third-order valence-electron chi connectivity index (χ3n) is 4.03. The number of rotatable bonds is 7. The average molecular weight is 294 g/mol. The van der Waals surface area contributed by atoms with Crippen LogP contribution in [0.25, 0.3) is 0 Å². The molecule has 0 saturated carbocycles. The molecular weight excluding hydrogens is 268 g/mol. The van der Waals surface area contributed by atoms with Crippen LogP contribution in [0, 0.1) is 0 Å². The number of hydrogen-bond acceptors (Lipinski definition) is 5. The zero-order valence-electron chi connectivity index (χ0n) is 13.0. The van der Waals surface area contributed by atoms with Gasteiger partial charge in [-0.05, 0) is 25.0 Å². The molecule has 1 aliphatic rings. The predicted octanol–water partition coefficient (Wildman–Crippen LogP) is 2.12. The molecule has 0 amide bonds. The van der Waals surface area contributed by atoms with Gasteiger partial charge < -0.3 is 20.3 Å². The van der Waals surface area contributed by atoms with Crippen molar-refractivity contribution in [2.24, 2.45) is 0 Å². The Bertz CT molecular complexity index is 461. The number of nitrogens with zero attached hydrogens (tertiary/aromatic N) is 1. The number of hydrogen-bond donors (Lipinski definition) is 2. The average Bonchev–Trinajstić information content (AvgIpc) is 2.48. The van der Waals surface area contributed by atoms with Crippen LogP contribution in [0.3, 0.4) is 0 Å². The fourth-order valence-electron chi connectivity index (χ4n) is 2.99. The maximum Gasteiger partial charge on any atom is 0.189 e. The lowest BCUT2D eigenvalue weighted by Crippen LogP contribution is -2.36. The summed E-state index contributed by atoms with van der Waals surface area (Å²) in [4.78, 5) is 2.30. The van der Waals surface area contributed by atoms with Gasteiger partial charge in [-0.25, -0.2) is 0 Å². The van der Waals surface area contributed by atoms with E-state index < -0.39 is 0 Å².